The van der Waals surface area contributed by atoms with Crippen LogP contribution in [0, 0.1) is 5.92 Å². The van der Waals surface area contributed by atoms with Crippen LogP contribution >= 0.6 is 0 Å². The third-order valence-corrected chi connectivity index (χ3v) is 4.97. The van der Waals surface area contributed by atoms with E-state index in [-0.39, 0.29) is 11.3 Å². The molecule has 3 rings (SSSR count). The lowest BCUT2D eigenvalue weighted by atomic mass is 9.86. The topological polar surface area (TPSA) is 34.9 Å². The number of fused-ring (bicyclic) bond motifs is 1. The van der Waals surface area contributed by atoms with Crippen LogP contribution in [0.1, 0.15) is 76.3 Å². The molecule has 3 heteroatoms. The molecular weight excluding hydrogens is 284 g/mol. The van der Waals surface area contributed by atoms with E-state index < -0.39 is 0 Å². The van der Waals surface area contributed by atoms with Crippen LogP contribution in [0.15, 0.2) is 24.3 Å². The van der Waals surface area contributed by atoms with E-state index in [1.807, 2.05) is 28.8 Å². The van der Waals surface area contributed by atoms with Gasteiger partial charge >= 0.3 is 0 Å². The molecule has 0 atom stereocenters. The van der Waals surface area contributed by atoms with Crippen LogP contribution in [-0.2, 0) is 5.41 Å². The minimum absolute atomic E-state index is 0.139. The maximum atomic E-state index is 13.0. The fourth-order valence-electron chi connectivity index (χ4n) is 3.70. The number of carbonyl (C=O) groups is 1. The molecule has 1 aliphatic carbocycles. The van der Waals surface area contributed by atoms with Gasteiger partial charge in [-0.3, -0.25) is 9.36 Å². The van der Waals surface area contributed by atoms with Crippen molar-refractivity contribution >= 4 is 16.9 Å². The molecule has 0 radical (unpaired) electrons. The predicted molar refractivity (Wildman–Crippen MR) is 94.9 cm³/mol. The van der Waals surface area contributed by atoms with Crippen molar-refractivity contribution < 1.29 is 4.79 Å². The monoisotopic (exact) mass is 312 g/mol. The molecule has 23 heavy (non-hydrogen) atoms. The van der Waals surface area contributed by atoms with E-state index in [1.165, 1.54) is 32.1 Å². The van der Waals surface area contributed by atoms with Gasteiger partial charge in [0.2, 0.25) is 5.91 Å². The Kier molecular flexibility index (Phi) is 4.56. The third kappa shape index (κ3) is 3.49. The Morgan fingerprint density at radius 2 is 1.87 bits per heavy atom. The van der Waals surface area contributed by atoms with E-state index in [0.717, 1.165) is 29.2 Å². The first-order valence-electron chi connectivity index (χ1n) is 8.98. The SMILES string of the molecule is CC(C)(C)c1nc2ccccc2n1C(=O)CCC1CCCCC1. The number of rotatable bonds is 3. The van der Waals surface area contributed by atoms with Gasteiger partial charge in [0.25, 0.3) is 0 Å². The predicted octanol–water partition coefficient (Wildman–Crippen LogP) is 5.33. The fraction of sp³-hybridized carbons (Fsp3) is 0.600. The van der Waals surface area contributed by atoms with E-state index >= 15 is 0 Å². The third-order valence-electron chi connectivity index (χ3n) is 4.97. The Hall–Kier alpha value is -1.64. The van der Waals surface area contributed by atoms with Crippen LogP contribution in [0.5, 0.6) is 0 Å². The molecule has 3 nitrogen and oxygen atoms in total. The highest BCUT2D eigenvalue weighted by Gasteiger charge is 2.26. The molecular formula is C20H28N2O. The Balaban J connectivity index is 1.86. The van der Waals surface area contributed by atoms with Gasteiger partial charge < -0.3 is 0 Å². The molecule has 124 valence electrons. The van der Waals surface area contributed by atoms with Crippen molar-refractivity contribution in [2.24, 2.45) is 5.92 Å². The Morgan fingerprint density at radius 3 is 2.57 bits per heavy atom. The van der Waals surface area contributed by atoms with Gasteiger partial charge in [-0.25, -0.2) is 4.98 Å². The average Bonchev–Trinajstić information content (AvgIpc) is 2.93. The number of hydrogen-bond donors (Lipinski definition) is 0. The van der Waals surface area contributed by atoms with E-state index in [4.69, 9.17) is 4.98 Å². The number of para-hydroxylation sites is 2. The zero-order valence-corrected chi connectivity index (χ0v) is 14.6. The lowest BCUT2D eigenvalue weighted by Gasteiger charge is -2.22. The normalized spacial score (nSPS) is 16.8. The standard InChI is InChI=1S/C20H28N2O/c1-20(2,3)19-21-16-11-7-8-12-17(16)22(19)18(23)14-13-15-9-5-4-6-10-15/h7-8,11-12,15H,4-6,9-10,13-14H2,1-3H3. The van der Waals surface area contributed by atoms with Gasteiger partial charge in [-0.1, -0.05) is 65.0 Å². The molecule has 1 saturated carbocycles. The zero-order valence-electron chi connectivity index (χ0n) is 14.6. The number of nitrogens with zero attached hydrogens (tertiary/aromatic N) is 2. The summed E-state index contributed by atoms with van der Waals surface area (Å²) < 4.78 is 1.87. The second kappa shape index (κ2) is 6.46. The largest absolute Gasteiger partial charge is 0.274 e. The summed E-state index contributed by atoms with van der Waals surface area (Å²) in [5, 5.41) is 0. The van der Waals surface area contributed by atoms with Gasteiger partial charge in [-0.2, -0.15) is 0 Å². The molecule has 0 saturated heterocycles. The van der Waals surface area contributed by atoms with Crippen LogP contribution in [0.4, 0.5) is 0 Å². The summed E-state index contributed by atoms with van der Waals surface area (Å²) in [5.74, 6) is 1.82. The van der Waals surface area contributed by atoms with Gasteiger partial charge in [0.15, 0.2) is 0 Å². The number of carbonyl (C=O) groups excluding carboxylic acids is 1. The van der Waals surface area contributed by atoms with Crippen LogP contribution in [0.2, 0.25) is 0 Å². The van der Waals surface area contributed by atoms with Crippen LogP contribution in [-0.4, -0.2) is 15.5 Å². The van der Waals surface area contributed by atoms with Gasteiger partial charge in [-0.15, -0.1) is 0 Å². The smallest absolute Gasteiger partial charge is 0.232 e. The van der Waals surface area contributed by atoms with Crippen molar-refractivity contribution in [3.63, 3.8) is 0 Å². The first-order valence-corrected chi connectivity index (χ1v) is 8.98. The minimum Gasteiger partial charge on any atom is -0.274 e. The van der Waals surface area contributed by atoms with Gasteiger partial charge in [-0.05, 0) is 24.5 Å². The highest BCUT2D eigenvalue weighted by molar-refractivity contribution is 5.91. The highest BCUT2D eigenvalue weighted by Crippen LogP contribution is 2.30. The fourth-order valence-corrected chi connectivity index (χ4v) is 3.70. The molecule has 0 aliphatic heterocycles. The first-order chi connectivity index (χ1) is 11.0. The van der Waals surface area contributed by atoms with Crippen molar-refractivity contribution in [3.8, 4) is 0 Å². The van der Waals surface area contributed by atoms with Gasteiger partial charge in [0, 0.05) is 11.8 Å². The highest BCUT2D eigenvalue weighted by atomic mass is 16.2. The van der Waals surface area contributed by atoms with E-state index in [9.17, 15) is 4.79 Å². The molecule has 0 spiro atoms. The molecule has 0 bridgehead atoms. The summed E-state index contributed by atoms with van der Waals surface area (Å²) >= 11 is 0. The van der Waals surface area contributed by atoms with Crippen molar-refractivity contribution in [1.29, 1.82) is 0 Å². The van der Waals surface area contributed by atoms with Crippen LogP contribution < -0.4 is 0 Å². The molecule has 0 amide bonds. The molecule has 1 aliphatic rings. The molecule has 1 aromatic carbocycles. The molecule has 1 heterocycles. The van der Waals surface area contributed by atoms with Crippen LogP contribution in [0.3, 0.4) is 0 Å². The lowest BCUT2D eigenvalue weighted by molar-refractivity contribution is 0.0887. The Labute approximate surface area is 139 Å². The Bertz CT molecular complexity index is 687. The summed E-state index contributed by atoms with van der Waals surface area (Å²) in [5.41, 5.74) is 1.73. The summed E-state index contributed by atoms with van der Waals surface area (Å²) in [7, 11) is 0. The van der Waals surface area contributed by atoms with Gasteiger partial charge in [0.05, 0.1) is 11.0 Å². The molecule has 1 fully saturated rings. The second-order valence-electron chi connectivity index (χ2n) is 7.95. The second-order valence-corrected chi connectivity index (χ2v) is 7.95. The number of benzene rings is 1. The van der Waals surface area contributed by atoms with Crippen molar-refractivity contribution in [2.75, 3.05) is 0 Å². The van der Waals surface area contributed by atoms with Crippen LogP contribution in [0.25, 0.3) is 11.0 Å². The minimum atomic E-state index is -0.139. The summed E-state index contributed by atoms with van der Waals surface area (Å²) in [6.07, 6.45) is 8.28. The van der Waals surface area contributed by atoms with E-state index in [2.05, 4.69) is 20.8 Å². The summed E-state index contributed by atoms with van der Waals surface area (Å²) in [6, 6.07) is 7.98. The van der Waals surface area contributed by atoms with Crippen molar-refractivity contribution in [1.82, 2.24) is 9.55 Å². The number of imidazole rings is 1. The molecule has 1 aromatic heterocycles. The molecule has 0 unspecified atom stereocenters. The van der Waals surface area contributed by atoms with E-state index in [1.54, 1.807) is 0 Å². The number of hydrogen-bond acceptors (Lipinski definition) is 2. The maximum Gasteiger partial charge on any atom is 0.232 e. The van der Waals surface area contributed by atoms with E-state index in [0.29, 0.717) is 6.42 Å². The molecule has 2 aromatic rings. The van der Waals surface area contributed by atoms with Gasteiger partial charge in [0.1, 0.15) is 5.82 Å². The van der Waals surface area contributed by atoms with Crippen molar-refractivity contribution in [3.05, 3.63) is 30.1 Å². The lowest BCUT2D eigenvalue weighted by Crippen LogP contribution is -2.24. The zero-order chi connectivity index (χ0) is 16.4. The first kappa shape index (κ1) is 16.2. The molecule has 0 N–H and O–H groups in total. The maximum absolute atomic E-state index is 13.0. The average molecular weight is 312 g/mol. The quantitative estimate of drug-likeness (QED) is 0.767. The Morgan fingerprint density at radius 1 is 1.17 bits per heavy atom. The van der Waals surface area contributed by atoms with Crippen molar-refractivity contribution in [2.45, 2.75) is 71.1 Å². The summed E-state index contributed by atoms with van der Waals surface area (Å²) in [6.45, 7) is 6.37. The number of aromatic nitrogens is 2. The summed E-state index contributed by atoms with van der Waals surface area (Å²) in [4.78, 5) is 17.7.